The summed E-state index contributed by atoms with van der Waals surface area (Å²) in [7, 11) is -3.56. The third kappa shape index (κ3) is 4.57. The lowest BCUT2D eigenvalue weighted by molar-refractivity contribution is -0.143. The molecule has 12 heteroatoms. The number of hydrogen-bond acceptors (Lipinski definition) is 5. The minimum absolute atomic E-state index is 0.0136. The van der Waals surface area contributed by atoms with Gasteiger partial charge in [-0.15, -0.1) is 0 Å². The van der Waals surface area contributed by atoms with Gasteiger partial charge in [0.1, 0.15) is 5.15 Å². The molecule has 0 bridgehead atoms. The maximum absolute atomic E-state index is 13.7. The monoisotopic (exact) mass is 444 g/mol. The van der Waals surface area contributed by atoms with Crippen LogP contribution in [0.2, 0.25) is 5.15 Å². The second kappa shape index (κ2) is 7.48. The van der Waals surface area contributed by atoms with Crippen LogP contribution in [0.4, 0.5) is 18.9 Å². The molecule has 2 heterocycles. The lowest BCUT2D eigenvalue weighted by Crippen LogP contribution is -2.21. The number of sulfone groups is 1. The predicted octanol–water partition coefficient (Wildman–Crippen LogP) is 3.60. The number of nitrogens with one attached hydrogen (secondary N) is 1. The first-order chi connectivity index (χ1) is 13.5. The van der Waals surface area contributed by atoms with Gasteiger partial charge in [-0.2, -0.15) is 18.3 Å². The van der Waals surface area contributed by atoms with Crippen LogP contribution in [0.1, 0.15) is 16.1 Å². The molecular weight excluding hydrogens is 433 g/mol. The van der Waals surface area contributed by atoms with Crippen molar-refractivity contribution in [1.82, 2.24) is 14.8 Å². The maximum atomic E-state index is 13.7. The number of carbonyl (C=O) groups excluding carboxylic acids is 1. The molecule has 0 aliphatic carbocycles. The maximum Gasteiger partial charge on any atom is 0.434 e. The third-order valence-electron chi connectivity index (χ3n) is 3.72. The van der Waals surface area contributed by atoms with Crippen LogP contribution in [-0.2, 0) is 16.0 Å². The van der Waals surface area contributed by atoms with Crippen LogP contribution in [0.25, 0.3) is 5.82 Å². The fraction of sp³-hybridized carbons (Fsp3) is 0.118. The van der Waals surface area contributed by atoms with E-state index in [2.05, 4.69) is 15.4 Å². The highest BCUT2D eigenvalue weighted by atomic mass is 35.5. The molecule has 3 rings (SSSR count). The fourth-order valence-corrected chi connectivity index (χ4v) is 3.31. The van der Waals surface area contributed by atoms with Crippen molar-refractivity contribution in [3.8, 4) is 5.82 Å². The molecule has 0 atom stereocenters. The summed E-state index contributed by atoms with van der Waals surface area (Å²) in [5, 5.41) is 5.84. The Morgan fingerprint density at radius 3 is 2.48 bits per heavy atom. The Hall–Kier alpha value is -2.92. The zero-order valence-corrected chi connectivity index (χ0v) is 16.2. The smallest absolute Gasteiger partial charge is 0.322 e. The van der Waals surface area contributed by atoms with E-state index in [1.807, 2.05) is 0 Å². The Labute approximate surface area is 168 Å². The number of anilines is 1. The van der Waals surface area contributed by atoms with Gasteiger partial charge in [0.25, 0.3) is 5.91 Å². The summed E-state index contributed by atoms with van der Waals surface area (Å²) in [4.78, 5) is 16.2. The first-order valence-electron chi connectivity index (χ1n) is 7.86. The van der Waals surface area contributed by atoms with E-state index in [0.717, 1.165) is 18.5 Å². The highest BCUT2D eigenvalue weighted by molar-refractivity contribution is 7.90. The number of nitrogens with zero attached hydrogens (tertiary/aromatic N) is 3. The molecule has 0 spiro atoms. The normalized spacial score (nSPS) is 12.0. The number of amides is 1. The van der Waals surface area contributed by atoms with E-state index in [4.69, 9.17) is 11.6 Å². The molecule has 0 radical (unpaired) electrons. The highest BCUT2D eigenvalue weighted by Crippen LogP contribution is 2.34. The average Bonchev–Trinajstić information content (AvgIpc) is 3.07. The molecule has 0 unspecified atom stereocenters. The van der Waals surface area contributed by atoms with Crippen LogP contribution >= 0.6 is 11.6 Å². The molecule has 0 saturated carbocycles. The quantitative estimate of drug-likeness (QED) is 0.620. The summed E-state index contributed by atoms with van der Waals surface area (Å²) >= 11 is 5.73. The predicted molar refractivity (Wildman–Crippen MR) is 98.9 cm³/mol. The fourth-order valence-electron chi connectivity index (χ4n) is 2.48. The van der Waals surface area contributed by atoms with Crippen molar-refractivity contribution in [2.75, 3.05) is 11.6 Å². The molecule has 2 aromatic heterocycles. The summed E-state index contributed by atoms with van der Waals surface area (Å²) in [5.41, 5.74) is -2.09. The number of halogens is 4. The average molecular weight is 445 g/mol. The number of alkyl halides is 3. The van der Waals surface area contributed by atoms with E-state index in [0.29, 0.717) is 4.68 Å². The van der Waals surface area contributed by atoms with E-state index < -0.39 is 33.2 Å². The van der Waals surface area contributed by atoms with Crippen molar-refractivity contribution >= 4 is 33.0 Å². The third-order valence-corrected chi connectivity index (χ3v) is 5.04. The van der Waals surface area contributed by atoms with Gasteiger partial charge in [-0.3, -0.25) is 4.79 Å². The van der Waals surface area contributed by atoms with E-state index in [1.165, 1.54) is 36.4 Å². The minimum atomic E-state index is -4.93. The first-order valence-corrected chi connectivity index (χ1v) is 10.1. The molecular formula is C17H12ClF3N4O3S. The molecule has 0 saturated heterocycles. The first kappa shape index (κ1) is 20.8. The zero-order valence-electron chi connectivity index (χ0n) is 14.6. The Bertz CT molecular complexity index is 1190. The molecule has 0 fully saturated rings. The summed E-state index contributed by atoms with van der Waals surface area (Å²) in [6.07, 6.45) is -3.21. The minimum Gasteiger partial charge on any atom is -0.322 e. The van der Waals surface area contributed by atoms with Crippen LogP contribution in [0, 0.1) is 0 Å². The molecule has 1 aromatic carbocycles. The van der Waals surface area contributed by atoms with Crippen LogP contribution in [0.3, 0.4) is 0 Å². The van der Waals surface area contributed by atoms with Crippen molar-refractivity contribution in [2.45, 2.75) is 11.1 Å². The van der Waals surface area contributed by atoms with Crippen molar-refractivity contribution in [3.05, 3.63) is 65.1 Å². The van der Waals surface area contributed by atoms with E-state index in [9.17, 15) is 26.4 Å². The second-order valence-electron chi connectivity index (χ2n) is 5.89. The number of hydrogen-bond donors (Lipinski definition) is 1. The van der Waals surface area contributed by atoms with Crippen molar-refractivity contribution < 1.29 is 26.4 Å². The van der Waals surface area contributed by atoms with Gasteiger partial charge < -0.3 is 5.32 Å². The topological polar surface area (TPSA) is 94.0 Å². The van der Waals surface area contributed by atoms with Gasteiger partial charge in [0.05, 0.1) is 16.7 Å². The number of benzene rings is 1. The molecule has 0 aliphatic rings. The molecule has 0 aliphatic heterocycles. The van der Waals surface area contributed by atoms with Crippen LogP contribution in [0.5, 0.6) is 0 Å². The van der Waals surface area contributed by atoms with Crippen LogP contribution in [0.15, 0.2) is 53.6 Å². The van der Waals surface area contributed by atoms with Gasteiger partial charge in [-0.1, -0.05) is 23.7 Å². The summed E-state index contributed by atoms with van der Waals surface area (Å²) in [6.45, 7) is 0. The standard InChI is InChI=1S/C17H12ClF3N4O3S/c1-29(27,28)11-5-2-4-10(8-11)23-16(26)12-9-22-25(15(12)17(19,20)21)14-7-3-6-13(18)24-14/h2-9H,1H3,(H,23,26). The van der Waals surface area contributed by atoms with E-state index >= 15 is 0 Å². The lowest BCUT2D eigenvalue weighted by atomic mass is 10.2. The van der Waals surface area contributed by atoms with Gasteiger partial charge in [0, 0.05) is 11.9 Å². The second-order valence-corrected chi connectivity index (χ2v) is 8.29. The number of aromatic nitrogens is 3. The number of carbonyl (C=O) groups is 1. The van der Waals surface area contributed by atoms with Crippen LogP contribution in [-0.4, -0.2) is 35.3 Å². The van der Waals surface area contributed by atoms with Crippen molar-refractivity contribution in [1.29, 1.82) is 0 Å². The van der Waals surface area contributed by atoms with Gasteiger partial charge in [0.2, 0.25) is 0 Å². The van der Waals surface area contributed by atoms with E-state index in [-0.39, 0.29) is 21.6 Å². The summed E-state index contributed by atoms with van der Waals surface area (Å²) in [5.74, 6) is -1.33. The summed E-state index contributed by atoms with van der Waals surface area (Å²) in [6, 6.07) is 9.18. The molecule has 29 heavy (non-hydrogen) atoms. The number of pyridine rings is 1. The van der Waals surface area contributed by atoms with Crippen molar-refractivity contribution in [3.63, 3.8) is 0 Å². The zero-order chi connectivity index (χ0) is 21.4. The molecule has 1 amide bonds. The largest absolute Gasteiger partial charge is 0.434 e. The van der Waals surface area contributed by atoms with Gasteiger partial charge in [0.15, 0.2) is 21.3 Å². The van der Waals surface area contributed by atoms with Gasteiger partial charge in [-0.05, 0) is 30.3 Å². The molecule has 7 nitrogen and oxygen atoms in total. The van der Waals surface area contributed by atoms with E-state index in [1.54, 1.807) is 0 Å². The van der Waals surface area contributed by atoms with Crippen molar-refractivity contribution in [2.24, 2.45) is 0 Å². The van der Waals surface area contributed by atoms with Crippen LogP contribution < -0.4 is 5.32 Å². The van der Waals surface area contributed by atoms with Gasteiger partial charge >= 0.3 is 6.18 Å². The number of rotatable bonds is 4. The Balaban J connectivity index is 2.02. The molecule has 1 N–H and O–H groups in total. The Kier molecular flexibility index (Phi) is 5.37. The molecule has 3 aromatic rings. The molecule has 152 valence electrons. The Morgan fingerprint density at radius 1 is 1.17 bits per heavy atom. The van der Waals surface area contributed by atoms with Gasteiger partial charge in [-0.25, -0.2) is 18.1 Å². The Morgan fingerprint density at radius 2 is 1.86 bits per heavy atom. The SMILES string of the molecule is CS(=O)(=O)c1cccc(NC(=O)c2cnn(-c3cccc(Cl)n3)c2C(F)(F)F)c1. The lowest BCUT2D eigenvalue weighted by Gasteiger charge is -2.12. The summed E-state index contributed by atoms with van der Waals surface area (Å²) < 4.78 is 64.7. The highest BCUT2D eigenvalue weighted by Gasteiger charge is 2.41.